The van der Waals surface area contributed by atoms with Crippen LogP contribution in [0.25, 0.3) is 31.4 Å². The summed E-state index contributed by atoms with van der Waals surface area (Å²) in [6.07, 6.45) is 3.01. The number of hydrogen-bond acceptors (Lipinski definition) is 2. The number of benzene rings is 2. The second-order valence-electron chi connectivity index (χ2n) is 9.01. The minimum absolute atomic E-state index is 0.277. The largest absolute Gasteiger partial charge is 0.256 e. The number of thiophene rings is 1. The maximum Gasteiger partial charge on any atom is 0.0704 e. The Hall–Kier alpha value is -2.19. The van der Waals surface area contributed by atoms with Crippen LogP contribution in [0, 0.1) is 5.41 Å². The highest BCUT2D eigenvalue weighted by atomic mass is 32.1. The van der Waals surface area contributed by atoms with Crippen LogP contribution >= 0.6 is 11.3 Å². The molecule has 0 aliphatic carbocycles. The summed E-state index contributed by atoms with van der Waals surface area (Å²) in [7, 11) is 0. The highest BCUT2D eigenvalue weighted by molar-refractivity contribution is 7.25. The summed E-state index contributed by atoms with van der Waals surface area (Å²) in [4.78, 5) is 4.66. The fraction of sp³-hybridized carbons (Fsp3) is 0.320. The van der Waals surface area contributed by atoms with Crippen LogP contribution in [0.5, 0.6) is 0 Å². The van der Waals surface area contributed by atoms with Gasteiger partial charge in [-0.1, -0.05) is 46.8 Å². The van der Waals surface area contributed by atoms with Crippen molar-refractivity contribution in [1.82, 2.24) is 4.98 Å². The van der Waals surface area contributed by atoms with Gasteiger partial charge in [0.25, 0.3) is 0 Å². The Morgan fingerprint density at radius 2 is 1.59 bits per heavy atom. The number of aromatic nitrogens is 1. The van der Waals surface area contributed by atoms with E-state index in [2.05, 4.69) is 88.1 Å². The third-order valence-corrected chi connectivity index (χ3v) is 6.17. The van der Waals surface area contributed by atoms with Gasteiger partial charge >= 0.3 is 0 Å². The molecule has 4 aromatic rings. The maximum absolute atomic E-state index is 4.66. The van der Waals surface area contributed by atoms with Gasteiger partial charge in [-0.05, 0) is 65.3 Å². The van der Waals surface area contributed by atoms with Crippen LogP contribution in [-0.2, 0) is 6.42 Å². The molecule has 0 saturated heterocycles. The summed E-state index contributed by atoms with van der Waals surface area (Å²) in [5, 5.41) is 2.71. The minimum atomic E-state index is 0.277. The molecule has 1 nitrogen and oxygen atoms in total. The first-order valence-electron chi connectivity index (χ1n) is 9.72. The summed E-state index contributed by atoms with van der Waals surface area (Å²) in [6.45, 7) is 11.4. The first-order valence-corrected chi connectivity index (χ1v) is 10.5. The molecule has 2 heterocycles. The number of nitrogens with zero attached hydrogens (tertiary/aromatic N) is 1. The second-order valence-corrected chi connectivity index (χ2v) is 10.1. The van der Waals surface area contributed by atoms with E-state index < -0.39 is 0 Å². The fourth-order valence-electron chi connectivity index (χ4n) is 3.67. The molecule has 2 aromatic carbocycles. The van der Waals surface area contributed by atoms with Crippen LogP contribution < -0.4 is 0 Å². The van der Waals surface area contributed by atoms with Gasteiger partial charge in [0.05, 0.1) is 5.69 Å². The third kappa shape index (κ3) is 3.77. The molecule has 0 radical (unpaired) electrons. The van der Waals surface area contributed by atoms with E-state index in [9.17, 15) is 0 Å². The molecule has 27 heavy (non-hydrogen) atoms. The first-order chi connectivity index (χ1) is 12.8. The average Bonchev–Trinajstić information content (AvgIpc) is 2.97. The molecular weight excluding hydrogens is 346 g/mol. The van der Waals surface area contributed by atoms with E-state index in [4.69, 9.17) is 0 Å². The molecule has 0 amide bonds. The molecular formula is C25H27NS. The molecule has 2 aromatic heterocycles. The molecule has 0 fully saturated rings. The van der Waals surface area contributed by atoms with Crippen molar-refractivity contribution in [3.8, 4) is 11.3 Å². The number of hydrogen-bond donors (Lipinski definition) is 0. The summed E-state index contributed by atoms with van der Waals surface area (Å²) in [5.41, 5.74) is 5.30. The number of rotatable bonds is 3. The molecule has 0 aliphatic heterocycles. The fourth-order valence-corrected chi connectivity index (χ4v) is 4.73. The van der Waals surface area contributed by atoms with Crippen molar-refractivity contribution in [2.45, 2.75) is 47.0 Å². The summed E-state index contributed by atoms with van der Waals surface area (Å²) >= 11 is 1.88. The van der Waals surface area contributed by atoms with Gasteiger partial charge in [0.1, 0.15) is 0 Å². The van der Waals surface area contributed by atoms with Crippen molar-refractivity contribution in [2.75, 3.05) is 0 Å². The van der Waals surface area contributed by atoms with Crippen molar-refractivity contribution in [3.63, 3.8) is 0 Å². The lowest BCUT2D eigenvalue weighted by molar-refractivity contribution is 0.411. The van der Waals surface area contributed by atoms with E-state index in [1.54, 1.807) is 0 Å². The van der Waals surface area contributed by atoms with E-state index in [1.165, 1.54) is 36.9 Å². The second kappa shape index (κ2) is 6.76. The highest BCUT2D eigenvalue weighted by Gasteiger charge is 2.13. The van der Waals surface area contributed by atoms with E-state index >= 15 is 0 Å². The molecule has 4 rings (SSSR count). The molecule has 0 unspecified atom stereocenters. The molecule has 0 bridgehead atoms. The lowest BCUT2D eigenvalue weighted by Gasteiger charge is -2.18. The van der Waals surface area contributed by atoms with Crippen LogP contribution in [0.15, 0.2) is 54.7 Å². The van der Waals surface area contributed by atoms with Gasteiger partial charge in [-0.3, -0.25) is 4.98 Å². The lowest BCUT2D eigenvalue weighted by atomic mass is 9.88. The predicted molar refractivity (Wildman–Crippen MR) is 120 cm³/mol. The summed E-state index contributed by atoms with van der Waals surface area (Å²) < 4.78 is 2.71. The van der Waals surface area contributed by atoms with E-state index in [-0.39, 0.29) is 5.41 Å². The number of fused-ring (bicyclic) bond motifs is 3. The zero-order chi connectivity index (χ0) is 19.2. The maximum atomic E-state index is 4.66. The molecule has 2 heteroatoms. The molecule has 0 aliphatic rings. The standard InChI is InChI=1S/C25H27NS/c1-16(2)18-6-8-23-20(13-18)21-14-19(7-9-24(21)27-23)22-12-17(10-11-26-22)15-25(3,4)5/h6-14,16H,15H2,1-5H3. The van der Waals surface area contributed by atoms with Crippen molar-refractivity contribution in [2.24, 2.45) is 5.41 Å². The molecule has 0 atom stereocenters. The minimum Gasteiger partial charge on any atom is -0.256 e. The Morgan fingerprint density at radius 1 is 0.889 bits per heavy atom. The smallest absolute Gasteiger partial charge is 0.0704 e. The van der Waals surface area contributed by atoms with Crippen molar-refractivity contribution < 1.29 is 0 Å². The normalized spacial score (nSPS) is 12.4. The predicted octanol–water partition coefficient (Wildman–Crippen LogP) is 7.83. The van der Waals surface area contributed by atoms with Gasteiger partial charge in [-0.25, -0.2) is 0 Å². The van der Waals surface area contributed by atoms with Crippen molar-refractivity contribution in [3.05, 3.63) is 65.9 Å². The van der Waals surface area contributed by atoms with Crippen molar-refractivity contribution >= 4 is 31.5 Å². The monoisotopic (exact) mass is 373 g/mol. The van der Waals surface area contributed by atoms with Gasteiger partial charge in [0, 0.05) is 31.9 Å². The quantitative estimate of drug-likeness (QED) is 0.356. The topological polar surface area (TPSA) is 12.9 Å². The summed E-state index contributed by atoms with van der Waals surface area (Å²) in [6, 6.07) is 18.1. The highest BCUT2D eigenvalue weighted by Crippen LogP contribution is 2.37. The molecule has 0 saturated carbocycles. The van der Waals surface area contributed by atoms with Crippen LogP contribution in [0.3, 0.4) is 0 Å². The van der Waals surface area contributed by atoms with Gasteiger partial charge < -0.3 is 0 Å². The first kappa shape index (κ1) is 18.2. The van der Waals surface area contributed by atoms with Gasteiger partial charge in [-0.15, -0.1) is 11.3 Å². The SMILES string of the molecule is CC(C)c1ccc2sc3ccc(-c4cc(CC(C)(C)C)ccn4)cc3c2c1. The lowest BCUT2D eigenvalue weighted by Crippen LogP contribution is -2.09. The van der Waals surface area contributed by atoms with Gasteiger partial charge in [-0.2, -0.15) is 0 Å². The van der Waals surface area contributed by atoms with Crippen LogP contribution in [0.1, 0.15) is 51.7 Å². The Morgan fingerprint density at radius 3 is 2.30 bits per heavy atom. The van der Waals surface area contributed by atoms with Gasteiger partial charge in [0.15, 0.2) is 0 Å². The average molecular weight is 374 g/mol. The Kier molecular flexibility index (Phi) is 4.55. The molecule has 0 N–H and O–H groups in total. The summed E-state index contributed by atoms with van der Waals surface area (Å²) in [5.74, 6) is 0.545. The van der Waals surface area contributed by atoms with Crippen LogP contribution in [0.2, 0.25) is 0 Å². The zero-order valence-electron chi connectivity index (χ0n) is 16.8. The third-order valence-electron chi connectivity index (χ3n) is 5.01. The van der Waals surface area contributed by atoms with Crippen molar-refractivity contribution in [1.29, 1.82) is 0 Å². The molecule has 0 spiro atoms. The Labute approximate surface area is 166 Å². The zero-order valence-corrected chi connectivity index (χ0v) is 17.7. The Bertz CT molecular complexity index is 1110. The van der Waals surface area contributed by atoms with Crippen LogP contribution in [-0.4, -0.2) is 4.98 Å². The van der Waals surface area contributed by atoms with Crippen LogP contribution in [0.4, 0.5) is 0 Å². The Balaban J connectivity index is 1.82. The van der Waals surface area contributed by atoms with E-state index in [0.29, 0.717) is 5.92 Å². The number of pyridine rings is 1. The van der Waals surface area contributed by atoms with E-state index in [1.807, 2.05) is 17.5 Å². The van der Waals surface area contributed by atoms with Gasteiger partial charge in [0.2, 0.25) is 0 Å². The molecule has 138 valence electrons. The van der Waals surface area contributed by atoms with E-state index in [0.717, 1.165) is 12.1 Å².